The summed E-state index contributed by atoms with van der Waals surface area (Å²) >= 11 is 0. The number of aryl methyl sites for hydroxylation is 2. The Kier molecular flexibility index (Phi) is 4.19. The van der Waals surface area contributed by atoms with Crippen LogP contribution < -0.4 is 16.0 Å². The van der Waals surface area contributed by atoms with Crippen molar-refractivity contribution in [3.8, 4) is 0 Å². The molecule has 1 heterocycles. The molecule has 0 saturated heterocycles. The Morgan fingerprint density at radius 2 is 1.87 bits per heavy atom. The topological polar surface area (TPSA) is 77.8 Å². The molecule has 3 rings (SSSR count). The number of nitrogens with one attached hydrogen (secondary N) is 2. The zero-order valence-electron chi connectivity index (χ0n) is 13.3. The number of hydrogen-bond donors (Lipinski definition) is 3. The summed E-state index contributed by atoms with van der Waals surface area (Å²) in [4.78, 5) is 12.1. The fourth-order valence-electron chi connectivity index (χ4n) is 2.41. The van der Waals surface area contributed by atoms with Crippen LogP contribution in [0, 0.1) is 13.8 Å². The van der Waals surface area contributed by atoms with Crippen molar-refractivity contribution in [1.29, 1.82) is 0 Å². The van der Waals surface area contributed by atoms with Crippen LogP contribution in [0.4, 0.5) is 5.95 Å². The van der Waals surface area contributed by atoms with Gasteiger partial charge in [-0.2, -0.15) is 4.98 Å². The fraction of sp³-hybridized carbons (Fsp3) is 0.167. The van der Waals surface area contributed by atoms with Crippen LogP contribution in [0.5, 0.6) is 0 Å². The number of nitrogens with two attached hydrogens (primary N) is 1. The van der Waals surface area contributed by atoms with E-state index >= 15 is 0 Å². The molecule has 0 aliphatic heterocycles. The number of rotatable bonds is 3. The van der Waals surface area contributed by atoms with Crippen LogP contribution in [0.15, 0.2) is 48.5 Å². The van der Waals surface area contributed by atoms with E-state index in [0.717, 1.165) is 22.2 Å². The van der Waals surface area contributed by atoms with E-state index < -0.39 is 0 Å². The number of fused-ring (bicyclic) bond motifs is 1. The molecule has 0 atom stereocenters. The maximum atomic E-state index is 5.99. The van der Waals surface area contributed by atoms with E-state index in [1.165, 1.54) is 5.56 Å². The molecule has 5 nitrogen and oxygen atoms in total. The lowest BCUT2D eigenvalue weighted by atomic mass is 10.1. The predicted molar refractivity (Wildman–Crippen MR) is 92.9 cm³/mol. The number of hydrogen-bond acceptors (Lipinski definition) is 2. The molecule has 0 aliphatic rings. The molecule has 5 heteroatoms. The summed E-state index contributed by atoms with van der Waals surface area (Å²) in [6.07, 6.45) is 0. The molecule has 0 amide bonds. The molecule has 3 aromatic rings. The van der Waals surface area contributed by atoms with Gasteiger partial charge in [0.15, 0.2) is 0 Å². The van der Waals surface area contributed by atoms with Crippen molar-refractivity contribution < 1.29 is 4.99 Å². The lowest BCUT2D eigenvalue weighted by Gasteiger charge is -2.05. The average molecular weight is 306 g/mol. The largest absolute Gasteiger partial charge is 0.348 e. The first-order chi connectivity index (χ1) is 11.1. The summed E-state index contributed by atoms with van der Waals surface area (Å²) in [7, 11) is 0. The van der Waals surface area contributed by atoms with Crippen LogP contribution in [-0.4, -0.2) is 15.9 Å². The Morgan fingerprint density at radius 3 is 2.65 bits per heavy atom. The minimum Gasteiger partial charge on any atom is -0.290 e. The molecule has 1 aromatic heterocycles. The van der Waals surface area contributed by atoms with Crippen LogP contribution >= 0.6 is 0 Å². The zero-order valence-corrected chi connectivity index (χ0v) is 13.3. The van der Waals surface area contributed by atoms with Crippen LogP contribution in [0.1, 0.15) is 16.8 Å². The minimum atomic E-state index is 0.430. The maximum absolute atomic E-state index is 5.99. The number of anilines is 1. The maximum Gasteiger partial charge on any atom is 0.348 e. The van der Waals surface area contributed by atoms with Gasteiger partial charge in [-0.3, -0.25) is 10.7 Å². The van der Waals surface area contributed by atoms with E-state index in [0.29, 0.717) is 18.5 Å². The second-order valence-electron chi connectivity index (χ2n) is 5.53. The molecule has 0 unspecified atom stereocenters. The van der Waals surface area contributed by atoms with Crippen molar-refractivity contribution in [3.63, 3.8) is 0 Å². The third kappa shape index (κ3) is 3.63. The number of benzene rings is 2. The van der Waals surface area contributed by atoms with Crippen LogP contribution in [-0.2, 0) is 6.54 Å². The van der Waals surface area contributed by atoms with E-state index in [-0.39, 0.29) is 0 Å². The monoisotopic (exact) mass is 306 g/mol. The van der Waals surface area contributed by atoms with E-state index in [1.807, 2.05) is 49.4 Å². The summed E-state index contributed by atoms with van der Waals surface area (Å²) < 4.78 is 0. The second kappa shape index (κ2) is 6.44. The first-order valence-electron chi connectivity index (χ1n) is 7.54. The Morgan fingerprint density at radius 1 is 1.09 bits per heavy atom. The SMILES string of the molecule is Cc1ccc2nc(NC(N)=[NH+]Cc3ccccc3)nc(C)c2c1. The van der Waals surface area contributed by atoms with Gasteiger partial charge in [0.05, 0.1) is 17.8 Å². The molecule has 0 fully saturated rings. The molecular formula is C18H20N5+. The first-order valence-corrected chi connectivity index (χ1v) is 7.54. The second-order valence-corrected chi connectivity index (χ2v) is 5.53. The zero-order chi connectivity index (χ0) is 16.2. The number of guanidine groups is 1. The highest BCUT2D eigenvalue weighted by Crippen LogP contribution is 2.18. The fourth-order valence-corrected chi connectivity index (χ4v) is 2.41. The van der Waals surface area contributed by atoms with Gasteiger partial charge >= 0.3 is 5.96 Å². The third-order valence-corrected chi connectivity index (χ3v) is 3.61. The summed E-state index contributed by atoms with van der Waals surface area (Å²) in [5.41, 5.74) is 10.2. The highest BCUT2D eigenvalue weighted by atomic mass is 15.2. The van der Waals surface area contributed by atoms with Crippen molar-refractivity contribution in [3.05, 3.63) is 65.4 Å². The van der Waals surface area contributed by atoms with Gasteiger partial charge in [0.2, 0.25) is 0 Å². The Bertz CT molecular complexity index is 856. The van der Waals surface area contributed by atoms with Crippen molar-refractivity contribution in [2.45, 2.75) is 20.4 Å². The van der Waals surface area contributed by atoms with Gasteiger partial charge in [-0.15, -0.1) is 0 Å². The van der Waals surface area contributed by atoms with Gasteiger partial charge < -0.3 is 0 Å². The Balaban J connectivity index is 1.79. The van der Waals surface area contributed by atoms with E-state index in [9.17, 15) is 0 Å². The van der Waals surface area contributed by atoms with E-state index in [2.05, 4.69) is 33.3 Å². The molecule has 23 heavy (non-hydrogen) atoms. The van der Waals surface area contributed by atoms with Gasteiger partial charge in [0.1, 0.15) is 0 Å². The quantitative estimate of drug-likeness (QED) is 0.503. The summed E-state index contributed by atoms with van der Waals surface area (Å²) in [6, 6.07) is 16.2. The normalized spacial score (nSPS) is 11.7. The summed E-state index contributed by atoms with van der Waals surface area (Å²) in [5, 5.41) is 4.08. The summed E-state index contributed by atoms with van der Waals surface area (Å²) in [5.74, 6) is 0.927. The van der Waals surface area contributed by atoms with Crippen molar-refractivity contribution in [1.82, 2.24) is 9.97 Å². The lowest BCUT2D eigenvalue weighted by molar-refractivity contribution is -0.476. The van der Waals surface area contributed by atoms with Gasteiger partial charge in [-0.25, -0.2) is 10.3 Å². The predicted octanol–water partition coefficient (Wildman–Crippen LogP) is 1.25. The van der Waals surface area contributed by atoms with Gasteiger partial charge in [-0.1, -0.05) is 42.0 Å². The van der Waals surface area contributed by atoms with E-state index in [4.69, 9.17) is 5.73 Å². The average Bonchev–Trinajstić information content (AvgIpc) is 2.55. The molecule has 0 radical (unpaired) electrons. The van der Waals surface area contributed by atoms with Gasteiger partial charge in [0.25, 0.3) is 5.95 Å². The molecule has 0 spiro atoms. The van der Waals surface area contributed by atoms with Crippen LogP contribution in [0.25, 0.3) is 10.9 Å². The molecule has 0 saturated carbocycles. The standard InChI is InChI=1S/C18H19N5/c1-12-8-9-16-15(10-12)13(2)21-18(22-16)23-17(19)20-11-14-6-4-3-5-7-14/h3-10H,11H2,1-2H3,(H3,19,20,21,22,23)/p+1. The lowest BCUT2D eigenvalue weighted by Crippen LogP contribution is -2.75. The minimum absolute atomic E-state index is 0.430. The molecular weight excluding hydrogens is 286 g/mol. The van der Waals surface area contributed by atoms with Crippen molar-refractivity contribution in [2.75, 3.05) is 5.32 Å². The highest BCUT2D eigenvalue weighted by Gasteiger charge is 2.09. The number of nitrogens with zero attached hydrogens (tertiary/aromatic N) is 2. The van der Waals surface area contributed by atoms with Crippen molar-refractivity contribution >= 4 is 22.8 Å². The first kappa shape index (κ1) is 15.0. The van der Waals surface area contributed by atoms with Crippen LogP contribution in [0.3, 0.4) is 0 Å². The Labute approximate surface area is 135 Å². The molecule has 0 aliphatic carbocycles. The highest BCUT2D eigenvalue weighted by molar-refractivity contribution is 5.88. The van der Waals surface area contributed by atoms with Gasteiger partial charge in [0, 0.05) is 5.39 Å². The summed E-state index contributed by atoms with van der Waals surface area (Å²) in [6.45, 7) is 4.68. The van der Waals surface area contributed by atoms with Crippen molar-refractivity contribution in [2.24, 2.45) is 5.73 Å². The van der Waals surface area contributed by atoms with Crippen LogP contribution in [0.2, 0.25) is 0 Å². The number of aromatic nitrogens is 2. The molecule has 4 N–H and O–H groups in total. The smallest absolute Gasteiger partial charge is 0.290 e. The molecule has 2 aromatic carbocycles. The third-order valence-electron chi connectivity index (χ3n) is 3.61. The van der Waals surface area contributed by atoms with E-state index in [1.54, 1.807) is 0 Å². The van der Waals surface area contributed by atoms with Gasteiger partial charge in [-0.05, 0) is 31.5 Å². The molecule has 0 bridgehead atoms. The molecule has 116 valence electrons. The Hall–Kier alpha value is -2.95.